The summed E-state index contributed by atoms with van der Waals surface area (Å²) in [6.07, 6.45) is 6.85. The molecular formula is C20H20N4O3. The van der Waals surface area contributed by atoms with Crippen LogP contribution in [0.25, 0.3) is 5.69 Å². The van der Waals surface area contributed by atoms with Gasteiger partial charge in [0.15, 0.2) is 0 Å². The zero-order valence-corrected chi connectivity index (χ0v) is 14.8. The van der Waals surface area contributed by atoms with Gasteiger partial charge in [-0.15, -0.1) is 0 Å². The normalized spacial score (nSPS) is 14.4. The second-order valence-corrected chi connectivity index (χ2v) is 6.49. The maximum Gasteiger partial charge on any atom is 0.257 e. The number of piperazine rings is 1. The van der Waals surface area contributed by atoms with Gasteiger partial charge in [0.05, 0.1) is 30.1 Å². The number of carbonyl (C=O) groups is 2. The summed E-state index contributed by atoms with van der Waals surface area (Å²) in [5.41, 5.74) is 2.38. The summed E-state index contributed by atoms with van der Waals surface area (Å²) in [6.45, 7) is 2.13. The Kier molecular flexibility index (Phi) is 4.74. The zero-order valence-electron chi connectivity index (χ0n) is 14.8. The molecule has 1 aliphatic heterocycles. The van der Waals surface area contributed by atoms with Crippen molar-refractivity contribution in [3.63, 3.8) is 0 Å². The number of furan rings is 1. The molecule has 0 N–H and O–H groups in total. The quantitative estimate of drug-likeness (QED) is 0.710. The lowest BCUT2D eigenvalue weighted by Crippen LogP contribution is -2.50. The van der Waals surface area contributed by atoms with Crippen LogP contribution in [0.5, 0.6) is 0 Å². The van der Waals surface area contributed by atoms with E-state index in [0.29, 0.717) is 38.2 Å². The summed E-state index contributed by atoms with van der Waals surface area (Å²) < 4.78 is 6.73. The first-order valence-electron chi connectivity index (χ1n) is 8.89. The molecule has 4 rings (SSSR count). The molecule has 7 heteroatoms. The minimum absolute atomic E-state index is 0.0537. The van der Waals surface area contributed by atoms with E-state index in [0.717, 1.165) is 11.3 Å². The molecule has 0 unspecified atom stereocenters. The summed E-state index contributed by atoms with van der Waals surface area (Å²) in [4.78, 5) is 28.5. The van der Waals surface area contributed by atoms with Crippen LogP contribution in [0.15, 0.2) is 65.7 Å². The molecular weight excluding hydrogens is 344 g/mol. The Balaban J connectivity index is 1.32. The van der Waals surface area contributed by atoms with Crippen LogP contribution in [0.1, 0.15) is 15.9 Å². The van der Waals surface area contributed by atoms with Gasteiger partial charge < -0.3 is 14.2 Å². The molecule has 0 aliphatic carbocycles. The highest BCUT2D eigenvalue weighted by Gasteiger charge is 2.25. The van der Waals surface area contributed by atoms with Crippen LogP contribution in [0.2, 0.25) is 0 Å². The van der Waals surface area contributed by atoms with Gasteiger partial charge in [-0.3, -0.25) is 9.59 Å². The summed E-state index contributed by atoms with van der Waals surface area (Å²) in [5.74, 6) is -0.00184. The molecule has 2 aromatic heterocycles. The predicted octanol–water partition coefficient (Wildman–Crippen LogP) is 1.99. The number of aromatic nitrogens is 2. The van der Waals surface area contributed by atoms with Crippen LogP contribution in [-0.2, 0) is 11.2 Å². The molecule has 138 valence electrons. The molecule has 3 aromatic rings. The van der Waals surface area contributed by atoms with Crippen LogP contribution in [0.4, 0.5) is 0 Å². The minimum atomic E-state index is -0.0556. The van der Waals surface area contributed by atoms with E-state index in [1.807, 2.05) is 36.5 Å². The van der Waals surface area contributed by atoms with E-state index in [4.69, 9.17) is 4.42 Å². The first-order chi connectivity index (χ1) is 13.2. The molecule has 0 radical (unpaired) electrons. The van der Waals surface area contributed by atoms with E-state index in [2.05, 4.69) is 5.10 Å². The molecule has 0 spiro atoms. The second-order valence-electron chi connectivity index (χ2n) is 6.49. The fourth-order valence-corrected chi connectivity index (χ4v) is 3.19. The summed E-state index contributed by atoms with van der Waals surface area (Å²) in [5, 5.41) is 4.33. The number of amides is 2. The third-order valence-corrected chi connectivity index (χ3v) is 4.70. The number of hydrogen-bond donors (Lipinski definition) is 0. The Morgan fingerprint density at radius 1 is 1.00 bits per heavy atom. The molecule has 0 atom stereocenters. The highest BCUT2D eigenvalue weighted by Crippen LogP contribution is 2.12. The van der Waals surface area contributed by atoms with Gasteiger partial charge in [0, 0.05) is 32.4 Å². The van der Waals surface area contributed by atoms with Crippen molar-refractivity contribution in [1.29, 1.82) is 0 Å². The predicted molar refractivity (Wildman–Crippen MR) is 98.5 cm³/mol. The molecule has 1 saturated heterocycles. The SMILES string of the molecule is O=C(Cc1cnn(-c2ccccc2)c1)N1CCN(C(=O)c2ccoc2)CC1. The number of para-hydroxylation sites is 1. The molecule has 3 heterocycles. The van der Waals surface area contributed by atoms with Gasteiger partial charge in [-0.1, -0.05) is 18.2 Å². The first kappa shape index (κ1) is 17.1. The number of rotatable bonds is 4. The Morgan fingerprint density at radius 2 is 1.74 bits per heavy atom. The fraction of sp³-hybridized carbons (Fsp3) is 0.250. The molecule has 2 amide bonds. The van der Waals surface area contributed by atoms with Gasteiger partial charge in [-0.2, -0.15) is 5.10 Å². The van der Waals surface area contributed by atoms with Crippen LogP contribution in [0, 0.1) is 0 Å². The van der Waals surface area contributed by atoms with Crippen molar-refractivity contribution in [2.24, 2.45) is 0 Å². The van der Waals surface area contributed by atoms with Crippen LogP contribution in [0.3, 0.4) is 0 Å². The van der Waals surface area contributed by atoms with Crippen molar-refractivity contribution in [2.45, 2.75) is 6.42 Å². The van der Waals surface area contributed by atoms with Crippen LogP contribution >= 0.6 is 0 Å². The average molecular weight is 364 g/mol. The standard InChI is InChI=1S/C20H20N4O3/c25-19(12-16-13-21-24(14-16)18-4-2-1-3-5-18)22-7-9-23(10-8-22)20(26)17-6-11-27-15-17/h1-6,11,13-15H,7-10,12H2. The monoisotopic (exact) mass is 364 g/mol. The van der Waals surface area contributed by atoms with Gasteiger partial charge in [0.25, 0.3) is 5.91 Å². The molecule has 0 saturated carbocycles. The molecule has 1 aliphatic rings. The number of carbonyl (C=O) groups excluding carboxylic acids is 2. The van der Waals surface area contributed by atoms with E-state index in [-0.39, 0.29) is 11.8 Å². The number of nitrogens with zero attached hydrogens (tertiary/aromatic N) is 4. The fourth-order valence-electron chi connectivity index (χ4n) is 3.19. The average Bonchev–Trinajstić information content (AvgIpc) is 3.40. The molecule has 7 nitrogen and oxygen atoms in total. The highest BCUT2D eigenvalue weighted by molar-refractivity contribution is 5.94. The largest absolute Gasteiger partial charge is 0.472 e. The minimum Gasteiger partial charge on any atom is -0.472 e. The van der Waals surface area contributed by atoms with Gasteiger partial charge in [0.2, 0.25) is 5.91 Å². The highest BCUT2D eigenvalue weighted by atomic mass is 16.3. The maximum atomic E-state index is 12.6. The molecule has 1 aromatic carbocycles. The van der Waals surface area contributed by atoms with Crippen LogP contribution < -0.4 is 0 Å². The third-order valence-electron chi connectivity index (χ3n) is 4.70. The van der Waals surface area contributed by atoms with E-state index in [9.17, 15) is 9.59 Å². The lowest BCUT2D eigenvalue weighted by Gasteiger charge is -2.34. The van der Waals surface area contributed by atoms with Gasteiger partial charge in [0.1, 0.15) is 6.26 Å². The van der Waals surface area contributed by atoms with Crippen molar-refractivity contribution >= 4 is 11.8 Å². The third kappa shape index (κ3) is 3.76. The van der Waals surface area contributed by atoms with Crippen LogP contribution in [-0.4, -0.2) is 57.6 Å². The van der Waals surface area contributed by atoms with Crippen molar-refractivity contribution < 1.29 is 14.0 Å². The Labute approximate surface area is 156 Å². The van der Waals surface area contributed by atoms with Crippen molar-refractivity contribution in [2.75, 3.05) is 26.2 Å². The molecule has 0 bridgehead atoms. The smallest absolute Gasteiger partial charge is 0.257 e. The molecule has 1 fully saturated rings. The maximum absolute atomic E-state index is 12.6. The van der Waals surface area contributed by atoms with Gasteiger partial charge in [-0.05, 0) is 23.8 Å². The Bertz CT molecular complexity index is 910. The van der Waals surface area contributed by atoms with Crippen molar-refractivity contribution in [3.05, 3.63) is 72.4 Å². The van der Waals surface area contributed by atoms with E-state index in [1.54, 1.807) is 26.7 Å². The van der Waals surface area contributed by atoms with Crippen molar-refractivity contribution in [1.82, 2.24) is 19.6 Å². The Hall–Kier alpha value is -3.35. The van der Waals surface area contributed by atoms with E-state index < -0.39 is 0 Å². The zero-order chi connectivity index (χ0) is 18.6. The second kappa shape index (κ2) is 7.49. The molecule has 27 heavy (non-hydrogen) atoms. The topological polar surface area (TPSA) is 71.6 Å². The number of benzene rings is 1. The number of hydrogen-bond acceptors (Lipinski definition) is 4. The summed E-state index contributed by atoms with van der Waals surface area (Å²) in [7, 11) is 0. The van der Waals surface area contributed by atoms with Crippen molar-refractivity contribution in [3.8, 4) is 5.69 Å². The van der Waals surface area contributed by atoms with E-state index >= 15 is 0 Å². The van der Waals surface area contributed by atoms with Gasteiger partial charge in [-0.25, -0.2) is 4.68 Å². The van der Waals surface area contributed by atoms with Gasteiger partial charge >= 0.3 is 0 Å². The lowest BCUT2D eigenvalue weighted by atomic mass is 10.2. The first-order valence-corrected chi connectivity index (χ1v) is 8.89. The Morgan fingerprint density at radius 3 is 2.44 bits per heavy atom. The lowest BCUT2D eigenvalue weighted by molar-refractivity contribution is -0.131. The van der Waals surface area contributed by atoms with E-state index in [1.165, 1.54) is 12.5 Å². The summed E-state index contributed by atoms with van der Waals surface area (Å²) >= 11 is 0. The summed E-state index contributed by atoms with van der Waals surface area (Å²) in [6, 6.07) is 11.4.